The molecule has 0 heterocycles. The van der Waals surface area contributed by atoms with E-state index in [-0.39, 0.29) is 18.4 Å². The van der Waals surface area contributed by atoms with Crippen molar-refractivity contribution in [2.24, 2.45) is 4.99 Å². The van der Waals surface area contributed by atoms with E-state index in [1.807, 2.05) is 51.8 Å². The van der Waals surface area contributed by atoms with Gasteiger partial charge in [0.2, 0.25) is 5.91 Å². The van der Waals surface area contributed by atoms with Crippen LogP contribution in [-0.4, -0.2) is 67.3 Å². The molecule has 2 N–H and O–H groups in total. The van der Waals surface area contributed by atoms with Crippen molar-refractivity contribution in [3.63, 3.8) is 0 Å². The van der Waals surface area contributed by atoms with Crippen LogP contribution in [0.15, 0.2) is 29.3 Å². The quantitative estimate of drug-likeness (QED) is 0.509. The number of guanidine groups is 1. The number of amides is 2. The Hall–Kier alpha value is -2.57. The van der Waals surface area contributed by atoms with Crippen LogP contribution in [0.1, 0.15) is 43.6 Å². The van der Waals surface area contributed by atoms with Crippen LogP contribution in [0.5, 0.6) is 0 Å². The van der Waals surface area contributed by atoms with Gasteiger partial charge >= 0.3 is 0 Å². The van der Waals surface area contributed by atoms with Gasteiger partial charge < -0.3 is 20.4 Å². The highest BCUT2D eigenvalue weighted by molar-refractivity contribution is 5.94. The number of hydrogen-bond donors (Lipinski definition) is 2. The van der Waals surface area contributed by atoms with Crippen molar-refractivity contribution in [3.8, 4) is 0 Å². The molecule has 0 aliphatic heterocycles. The van der Waals surface area contributed by atoms with Crippen LogP contribution in [0.25, 0.3) is 0 Å². The van der Waals surface area contributed by atoms with E-state index in [0.717, 1.165) is 12.1 Å². The van der Waals surface area contributed by atoms with Crippen molar-refractivity contribution in [2.45, 2.75) is 34.2 Å². The normalized spacial score (nSPS) is 11.1. The number of carbonyl (C=O) groups is 2. The molecule has 0 bridgehead atoms. The van der Waals surface area contributed by atoms with E-state index in [1.54, 1.807) is 17.0 Å². The summed E-state index contributed by atoms with van der Waals surface area (Å²) in [6.45, 7) is 11.3. The van der Waals surface area contributed by atoms with Gasteiger partial charge in [-0.15, -0.1) is 0 Å². The van der Waals surface area contributed by atoms with Crippen LogP contribution in [0.4, 0.5) is 0 Å². The summed E-state index contributed by atoms with van der Waals surface area (Å²) in [6, 6.07) is 7.41. The van der Waals surface area contributed by atoms with Gasteiger partial charge in [0.1, 0.15) is 0 Å². The Bertz CT molecular complexity index is 624. The van der Waals surface area contributed by atoms with Crippen molar-refractivity contribution < 1.29 is 9.59 Å². The number of rotatable bonds is 9. The van der Waals surface area contributed by atoms with Crippen molar-refractivity contribution in [1.82, 2.24) is 20.4 Å². The summed E-state index contributed by atoms with van der Waals surface area (Å²) in [5.41, 5.74) is 1.64. The summed E-state index contributed by atoms with van der Waals surface area (Å²) in [6.07, 6.45) is 0. The van der Waals surface area contributed by atoms with E-state index in [4.69, 9.17) is 0 Å². The number of hydrogen-bond acceptors (Lipinski definition) is 3. The zero-order chi connectivity index (χ0) is 20.2. The lowest BCUT2D eigenvalue weighted by molar-refractivity contribution is -0.131. The van der Waals surface area contributed by atoms with Crippen molar-refractivity contribution in [2.75, 3.05) is 39.8 Å². The van der Waals surface area contributed by atoms with Crippen LogP contribution >= 0.6 is 0 Å². The Morgan fingerprint density at radius 2 is 1.56 bits per heavy atom. The first-order valence-electron chi connectivity index (χ1n) is 9.61. The molecule has 1 aromatic carbocycles. The molecule has 2 amide bonds. The van der Waals surface area contributed by atoms with Crippen molar-refractivity contribution in [1.29, 1.82) is 0 Å². The van der Waals surface area contributed by atoms with Crippen LogP contribution in [0.2, 0.25) is 0 Å². The van der Waals surface area contributed by atoms with Gasteiger partial charge in [0, 0.05) is 38.8 Å². The maximum atomic E-state index is 12.3. The predicted octanol–water partition coefficient (Wildman–Crippen LogP) is 1.70. The molecule has 0 atom stereocenters. The van der Waals surface area contributed by atoms with E-state index in [1.165, 1.54) is 0 Å². The van der Waals surface area contributed by atoms with E-state index < -0.39 is 0 Å². The molecule has 0 unspecified atom stereocenters. The third kappa shape index (κ3) is 7.29. The molecule has 150 valence electrons. The number of nitrogens with zero attached hydrogens (tertiary/aromatic N) is 3. The Labute approximate surface area is 162 Å². The fourth-order valence-corrected chi connectivity index (χ4v) is 2.61. The molecule has 0 aromatic heterocycles. The Balaban J connectivity index is 2.77. The lowest BCUT2D eigenvalue weighted by Gasteiger charge is -2.25. The van der Waals surface area contributed by atoms with Gasteiger partial charge in [-0.2, -0.15) is 0 Å². The van der Waals surface area contributed by atoms with E-state index in [9.17, 15) is 9.59 Å². The lowest BCUT2D eigenvalue weighted by atomic mass is 10.1. The standard InChI is InChI=1S/C20H33N5O2/c1-6-21-19(27)17-12-10-16(11-13-17)14-23-20(22-7-2)24(5)15-18(26)25(8-3)9-4/h10-13H,6-9,14-15H2,1-5H3,(H,21,27)(H,22,23). The molecule has 0 aliphatic carbocycles. The number of benzene rings is 1. The molecule has 7 nitrogen and oxygen atoms in total. The van der Waals surface area contributed by atoms with E-state index in [0.29, 0.717) is 37.7 Å². The average molecular weight is 376 g/mol. The van der Waals surface area contributed by atoms with Crippen LogP contribution < -0.4 is 10.6 Å². The Kier molecular flexibility index (Phi) is 9.93. The minimum Gasteiger partial charge on any atom is -0.357 e. The molecule has 1 aromatic rings. The first-order valence-corrected chi connectivity index (χ1v) is 9.61. The van der Waals surface area contributed by atoms with Crippen molar-refractivity contribution >= 4 is 17.8 Å². The fraction of sp³-hybridized carbons (Fsp3) is 0.550. The average Bonchev–Trinajstić information content (AvgIpc) is 2.66. The topological polar surface area (TPSA) is 77.0 Å². The molecule has 7 heteroatoms. The summed E-state index contributed by atoms with van der Waals surface area (Å²) in [7, 11) is 1.86. The summed E-state index contributed by atoms with van der Waals surface area (Å²) in [5.74, 6) is 0.695. The summed E-state index contributed by atoms with van der Waals surface area (Å²) < 4.78 is 0. The number of nitrogens with one attached hydrogen (secondary N) is 2. The Morgan fingerprint density at radius 1 is 0.963 bits per heavy atom. The second kappa shape index (κ2) is 11.9. The largest absolute Gasteiger partial charge is 0.357 e. The minimum absolute atomic E-state index is 0.0736. The maximum Gasteiger partial charge on any atom is 0.251 e. The van der Waals surface area contributed by atoms with Gasteiger partial charge in [-0.3, -0.25) is 9.59 Å². The van der Waals surface area contributed by atoms with Gasteiger partial charge in [-0.05, 0) is 45.4 Å². The number of aliphatic imine (C=N–C) groups is 1. The van der Waals surface area contributed by atoms with Gasteiger partial charge in [0.15, 0.2) is 5.96 Å². The third-order valence-electron chi connectivity index (χ3n) is 4.15. The highest BCUT2D eigenvalue weighted by Crippen LogP contribution is 2.06. The van der Waals surface area contributed by atoms with Gasteiger partial charge in [-0.1, -0.05) is 12.1 Å². The highest BCUT2D eigenvalue weighted by atomic mass is 16.2. The van der Waals surface area contributed by atoms with Crippen LogP contribution in [0, 0.1) is 0 Å². The lowest BCUT2D eigenvalue weighted by Crippen LogP contribution is -2.45. The Morgan fingerprint density at radius 3 is 2.07 bits per heavy atom. The first kappa shape index (κ1) is 22.5. The maximum absolute atomic E-state index is 12.3. The summed E-state index contributed by atoms with van der Waals surface area (Å²) >= 11 is 0. The predicted molar refractivity (Wildman–Crippen MR) is 110 cm³/mol. The highest BCUT2D eigenvalue weighted by Gasteiger charge is 2.15. The molecule has 0 radical (unpaired) electrons. The molecular formula is C20H33N5O2. The second-order valence-corrected chi connectivity index (χ2v) is 6.15. The van der Waals surface area contributed by atoms with Crippen LogP contribution in [-0.2, 0) is 11.3 Å². The number of carbonyl (C=O) groups excluding carboxylic acids is 2. The molecular weight excluding hydrogens is 342 g/mol. The van der Waals surface area contributed by atoms with Crippen LogP contribution in [0.3, 0.4) is 0 Å². The summed E-state index contributed by atoms with van der Waals surface area (Å²) in [5, 5.41) is 6.00. The molecule has 0 spiro atoms. The van der Waals surface area contributed by atoms with Gasteiger partial charge in [-0.25, -0.2) is 4.99 Å². The second-order valence-electron chi connectivity index (χ2n) is 6.15. The fourth-order valence-electron chi connectivity index (χ4n) is 2.61. The summed E-state index contributed by atoms with van der Waals surface area (Å²) in [4.78, 5) is 32.4. The zero-order valence-electron chi connectivity index (χ0n) is 17.2. The van der Waals surface area contributed by atoms with Gasteiger partial charge in [0.05, 0.1) is 13.1 Å². The van der Waals surface area contributed by atoms with E-state index in [2.05, 4.69) is 15.6 Å². The smallest absolute Gasteiger partial charge is 0.251 e. The van der Waals surface area contributed by atoms with Crippen molar-refractivity contribution in [3.05, 3.63) is 35.4 Å². The molecule has 0 fully saturated rings. The number of likely N-dealkylation sites (N-methyl/N-ethyl adjacent to an activating group) is 2. The molecule has 0 saturated heterocycles. The third-order valence-corrected chi connectivity index (χ3v) is 4.15. The molecule has 27 heavy (non-hydrogen) atoms. The molecule has 0 saturated carbocycles. The van der Waals surface area contributed by atoms with E-state index >= 15 is 0 Å². The zero-order valence-corrected chi connectivity index (χ0v) is 17.2. The minimum atomic E-state index is -0.0736. The first-order chi connectivity index (χ1) is 13.0. The molecule has 0 aliphatic rings. The SMILES string of the molecule is CCNC(=O)c1ccc(CN=C(NCC)N(C)CC(=O)N(CC)CC)cc1. The monoisotopic (exact) mass is 375 g/mol. The van der Waals surface area contributed by atoms with Gasteiger partial charge in [0.25, 0.3) is 5.91 Å². The molecule has 1 rings (SSSR count).